The smallest absolute Gasteiger partial charge is 0.207 e. The lowest BCUT2D eigenvalue weighted by atomic mass is 10.3. The Morgan fingerprint density at radius 2 is 1.62 bits per heavy atom. The Hall–Kier alpha value is -0.770. The van der Waals surface area contributed by atoms with Crippen LogP contribution in [0.5, 0.6) is 0 Å². The third-order valence-electron chi connectivity index (χ3n) is 2.57. The van der Waals surface area contributed by atoms with Crippen molar-refractivity contribution >= 4 is 6.41 Å². The van der Waals surface area contributed by atoms with E-state index >= 15 is 0 Å². The summed E-state index contributed by atoms with van der Waals surface area (Å²) in [5, 5.41) is 32.7. The maximum Gasteiger partial charge on any atom is 0.207 e. The number of ether oxygens (including phenoxy) is 2. The van der Waals surface area contributed by atoms with Gasteiger partial charge in [0.25, 0.3) is 0 Å². The van der Waals surface area contributed by atoms with E-state index in [2.05, 4.69) is 10.6 Å². The molecule has 2 unspecified atom stereocenters. The summed E-state index contributed by atoms with van der Waals surface area (Å²) >= 11 is 0. The van der Waals surface area contributed by atoms with Gasteiger partial charge < -0.3 is 35.4 Å². The van der Waals surface area contributed by atoms with Crippen molar-refractivity contribution in [2.24, 2.45) is 0 Å². The number of aliphatic hydroxyl groups excluding tert-OH is 3. The van der Waals surface area contributed by atoms with Crippen LogP contribution in [0.3, 0.4) is 0 Å². The molecule has 8 nitrogen and oxygen atoms in total. The summed E-state index contributed by atoms with van der Waals surface area (Å²) in [4.78, 5) is 9.98. The molecule has 0 saturated carbocycles. The van der Waals surface area contributed by atoms with E-state index in [4.69, 9.17) is 19.7 Å². The van der Waals surface area contributed by atoms with Crippen molar-refractivity contribution in [2.75, 3.05) is 52.7 Å². The lowest BCUT2D eigenvalue weighted by Gasteiger charge is -2.12. The third kappa shape index (κ3) is 15.4. The third-order valence-corrected chi connectivity index (χ3v) is 2.57. The zero-order valence-electron chi connectivity index (χ0n) is 12.4. The molecule has 21 heavy (non-hydrogen) atoms. The monoisotopic (exact) mass is 308 g/mol. The highest BCUT2D eigenvalue weighted by molar-refractivity contribution is 5.45. The molecule has 0 aromatic heterocycles. The fourth-order valence-corrected chi connectivity index (χ4v) is 1.45. The van der Waals surface area contributed by atoms with Crippen LogP contribution < -0.4 is 10.6 Å². The van der Waals surface area contributed by atoms with Gasteiger partial charge in [0.05, 0.1) is 25.9 Å². The van der Waals surface area contributed by atoms with E-state index in [1.165, 1.54) is 0 Å². The van der Waals surface area contributed by atoms with Gasteiger partial charge in [-0.25, -0.2) is 0 Å². The van der Waals surface area contributed by atoms with Gasteiger partial charge in [0, 0.05) is 32.8 Å². The van der Waals surface area contributed by atoms with E-state index in [1.54, 1.807) is 0 Å². The number of rotatable bonds is 16. The molecule has 0 heterocycles. The van der Waals surface area contributed by atoms with E-state index in [9.17, 15) is 9.90 Å². The van der Waals surface area contributed by atoms with Crippen LogP contribution in [0.15, 0.2) is 0 Å². The minimum absolute atomic E-state index is 0.140. The Kier molecular flexibility index (Phi) is 15.0. The summed E-state index contributed by atoms with van der Waals surface area (Å²) in [6, 6.07) is 0. The second-order valence-electron chi connectivity index (χ2n) is 4.62. The number of hydrogen-bond donors (Lipinski definition) is 5. The Bertz CT molecular complexity index is 233. The average molecular weight is 308 g/mol. The predicted octanol–water partition coefficient (Wildman–Crippen LogP) is -2.15. The van der Waals surface area contributed by atoms with Gasteiger partial charge in [0.2, 0.25) is 6.41 Å². The largest absolute Gasteiger partial charge is 0.394 e. The highest BCUT2D eigenvalue weighted by Gasteiger charge is 2.03. The molecule has 5 N–H and O–H groups in total. The summed E-state index contributed by atoms with van der Waals surface area (Å²) in [6.07, 6.45) is 0.848. The maximum absolute atomic E-state index is 9.98. The highest BCUT2D eigenvalue weighted by Crippen LogP contribution is 1.94. The molecule has 0 aliphatic carbocycles. The van der Waals surface area contributed by atoms with Gasteiger partial charge in [-0.2, -0.15) is 0 Å². The van der Waals surface area contributed by atoms with Crippen molar-refractivity contribution in [1.29, 1.82) is 0 Å². The van der Waals surface area contributed by atoms with Crippen LogP contribution in [0.25, 0.3) is 0 Å². The molecule has 0 rings (SSSR count). The number of carbonyl (C=O) groups is 1. The molecule has 0 aromatic carbocycles. The molecule has 0 aromatic rings. The summed E-state index contributed by atoms with van der Waals surface area (Å²) in [5.41, 5.74) is 0. The molecule has 1 amide bonds. The summed E-state index contributed by atoms with van der Waals surface area (Å²) in [6.45, 7) is 2.71. The first kappa shape index (κ1) is 20.2. The van der Waals surface area contributed by atoms with Crippen LogP contribution in [0, 0.1) is 0 Å². The van der Waals surface area contributed by atoms with Crippen molar-refractivity contribution < 1.29 is 29.6 Å². The van der Waals surface area contributed by atoms with Crippen LogP contribution in [0.1, 0.15) is 12.8 Å². The topological polar surface area (TPSA) is 120 Å². The van der Waals surface area contributed by atoms with Crippen molar-refractivity contribution in [1.82, 2.24) is 10.6 Å². The van der Waals surface area contributed by atoms with Crippen LogP contribution in [0.2, 0.25) is 0 Å². The van der Waals surface area contributed by atoms with E-state index < -0.39 is 12.2 Å². The van der Waals surface area contributed by atoms with Gasteiger partial charge in [-0.1, -0.05) is 0 Å². The fourth-order valence-electron chi connectivity index (χ4n) is 1.45. The first-order valence-electron chi connectivity index (χ1n) is 7.21. The van der Waals surface area contributed by atoms with E-state index in [1.807, 2.05) is 0 Å². The van der Waals surface area contributed by atoms with Gasteiger partial charge in [-0.05, 0) is 12.8 Å². The normalized spacial score (nSPS) is 13.9. The number of carbonyl (C=O) groups excluding carboxylic acids is 1. The quantitative estimate of drug-likeness (QED) is 0.163. The van der Waals surface area contributed by atoms with Crippen molar-refractivity contribution in [3.05, 3.63) is 0 Å². The second kappa shape index (κ2) is 15.6. The van der Waals surface area contributed by atoms with Crippen LogP contribution in [0.4, 0.5) is 0 Å². The minimum Gasteiger partial charge on any atom is -0.394 e. The fraction of sp³-hybridized carbons (Fsp3) is 0.923. The SMILES string of the molecule is O=CNCCNCC(O)COCCCCOCC(O)CO. The molecule has 0 spiro atoms. The summed E-state index contributed by atoms with van der Waals surface area (Å²) < 4.78 is 10.5. The van der Waals surface area contributed by atoms with Crippen molar-refractivity contribution in [2.45, 2.75) is 25.0 Å². The molecule has 0 saturated heterocycles. The highest BCUT2D eigenvalue weighted by atomic mass is 16.5. The molecule has 2 atom stereocenters. The first-order valence-corrected chi connectivity index (χ1v) is 7.21. The van der Waals surface area contributed by atoms with Gasteiger partial charge in [0.1, 0.15) is 6.10 Å². The lowest BCUT2D eigenvalue weighted by molar-refractivity contribution is -0.109. The van der Waals surface area contributed by atoms with Gasteiger partial charge in [-0.3, -0.25) is 4.79 Å². The molecule has 0 radical (unpaired) electrons. The van der Waals surface area contributed by atoms with Crippen LogP contribution in [-0.4, -0.2) is 86.6 Å². The molecule has 8 heteroatoms. The Morgan fingerprint density at radius 1 is 1.00 bits per heavy atom. The number of amides is 1. The molecule has 0 bridgehead atoms. The lowest BCUT2D eigenvalue weighted by Crippen LogP contribution is -2.34. The van der Waals surface area contributed by atoms with Gasteiger partial charge in [0.15, 0.2) is 0 Å². The molecule has 0 aliphatic heterocycles. The molecule has 0 aliphatic rings. The van der Waals surface area contributed by atoms with Crippen LogP contribution >= 0.6 is 0 Å². The van der Waals surface area contributed by atoms with Gasteiger partial charge >= 0.3 is 0 Å². The van der Waals surface area contributed by atoms with E-state index in [0.29, 0.717) is 39.3 Å². The predicted molar refractivity (Wildman–Crippen MR) is 76.9 cm³/mol. The number of nitrogens with one attached hydrogen (secondary N) is 2. The van der Waals surface area contributed by atoms with E-state index in [0.717, 1.165) is 12.8 Å². The Balaban J connectivity index is 3.17. The Labute approximate surface area is 125 Å². The summed E-state index contributed by atoms with van der Waals surface area (Å²) in [7, 11) is 0. The number of aliphatic hydroxyl groups is 3. The molecular weight excluding hydrogens is 280 g/mol. The maximum atomic E-state index is 9.98. The average Bonchev–Trinajstić information content (AvgIpc) is 2.49. The zero-order valence-corrected chi connectivity index (χ0v) is 12.4. The first-order chi connectivity index (χ1) is 10.2. The minimum atomic E-state index is -0.814. The summed E-state index contributed by atoms with van der Waals surface area (Å²) in [5.74, 6) is 0. The molecule has 0 fully saturated rings. The second-order valence-corrected chi connectivity index (χ2v) is 4.62. The van der Waals surface area contributed by atoms with Crippen LogP contribution in [-0.2, 0) is 14.3 Å². The standard InChI is InChI=1S/C13H28N2O6/c16-8-13(19)10-21-6-2-1-5-20-9-12(18)7-14-3-4-15-11-17/h11-14,16,18-19H,1-10H2,(H,15,17). The number of hydrogen-bond acceptors (Lipinski definition) is 7. The van der Waals surface area contributed by atoms with Crippen molar-refractivity contribution in [3.63, 3.8) is 0 Å². The number of unbranched alkanes of at least 4 members (excludes halogenated alkanes) is 1. The van der Waals surface area contributed by atoms with Crippen molar-refractivity contribution in [3.8, 4) is 0 Å². The molecule has 126 valence electrons. The molecular formula is C13H28N2O6. The zero-order chi connectivity index (χ0) is 15.8. The van der Waals surface area contributed by atoms with Gasteiger partial charge in [-0.15, -0.1) is 0 Å². The van der Waals surface area contributed by atoms with E-state index in [-0.39, 0.29) is 19.8 Å². The Morgan fingerprint density at radius 3 is 2.19 bits per heavy atom.